The normalized spacial score (nSPS) is 9.47. The Bertz CT molecular complexity index is 121. The molecule has 19 heavy (non-hydrogen) atoms. The van der Waals surface area contributed by atoms with E-state index in [-0.39, 0.29) is 76.7 Å². The molecule has 0 heterocycles. The van der Waals surface area contributed by atoms with Crippen LogP contribution in [0.5, 0.6) is 0 Å². The van der Waals surface area contributed by atoms with Crippen LogP contribution in [0.2, 0.25) is 0 Å². The SMILES string of the molecule is CCN(CC)CC.OCCN(CCO)CCO.[K+].[OH-]. The zero-order valence-electron chi connectivity index (χ0n) is 13.0. The fraction of sp³-hybridized carbons (Fsp3) is 1.00. The van der Waals surface area contributed by atoms with Crippen molar-refractivity contribution in [1.82, 2.24) is 9.80 Å². The van der Waals surface area contributed by atoms with Gasteiger partial charge in [0.15, 0.2) is 0 Å². The zero-order chi connectivity index (χ0) is 13.5. The molecule has 0 aromatic rings. The number of hydrogen-bond acceptors (Lipinski definition) is 6. The summed E-state index contributed by atoms with van der Waals surface area (Å²) in [5, 5.41) is 25.5. The van der Waals surface area contributed by atoms with E-state index in [0.717, 1.165) is 0 Å². The molecular formula is C12H31KN2O4. The van der Waals surface area contributed by atoms with Crippen LogP contribution >= 0.6 is 0 Å². The molecule has 0 aliphatic rings. The summed E-state index contributed by atoms with van der Waals surface area (Å²) in [6, 6.07) is 0. The van der Waals surface area contributed by atoms with Crippen molar-refractivity contribution < 1.29 is 72.2 Å². The van der Waals surface area contributed by atoms with Gasteiger partial charge >= 0.3 is 51.4 Å². The van der Waals surface area contributed by atoms with Crippen LogP contribution in [0.15, 0.2) is 0 Å². The predicted molar refractivity (Wildman–Crippen MR) is 73.1 cm³/mol. The minimum absolute atomic E-state index is 0. The van der Waals surface area contributed by atoms with Crippen molar-refractivity contribution in [1.29, 1.82) is 0 Å². The van der Waals surface area contributed by atoms with Crippen LogP contribution in [0.3, 0.4) is 0 Å². The van der Waals surface area contributed by atoms with Crippen molar-refractivity contribution in [2.24, 2.45) is 0 Å². The monoisotopic (exact) mass is 306 g/mol. The first-order valence-corrected chi connectivity index (χ1v) is 6.47. The molecule has 0 aromatic heterocycles. The minimum Gasteiger partial charge on any atom is -0.870 e. The second-order valence-corrected chi connectivity index (χ2v) is 3.63. The van der Waals surface area contributed by atoms with Crippen LogP contribution in [0.25, 0.3) is 0 Å². The number of aliphatic hydroxyl groups is 3. The second-order valence-electron chi connectivity index (χ2n) is 3.63. The third-order valence-corrected chi connectivity index (χ3v) is 2.59. The molecule has 0 spiro atoms. The van der Waals surface area contributed by atoms with Crippen LogP contribution in [-0.2, 0) is 0 Å². The van der Waals surface area contributed by atoms with E-state index >= 15 is 0 Å². The Labute approximate surface area is 160 Å². The number of rotatable bonds is 9. The van der Waals surface area contributed by atoms with E-state index in [1.807, 2.05) is 0 Å². The van der Waals surface area contributed by atoms with Crippen LogP contribution in [0.1, 0.15) is 20.8 Å². The van der Waals surface area contributed by atoms with E-state index in [2.05, 4.69) is 25.7 Å². The third kappa shape index (κ3) is 21.8. The maximum Gasteiger partial charge on any atom is 1.00 e. The maximum atomic E-state index is 8.48. The smallest absolute Gasteiger partial charge is 0.870 e. The van der Waals surface area contributed by atoms with Gasteiger partial charge in [0.2, 0.25) is 0 Å². The Morgan fingerprint density at radius 1 is 0.632 bits per heavy atom. The first-order chi connectivity index (χ1) is 8.19. The number of hydrogen-bond donors (Lipinski definition) is 3. The Morgan fingerprint density at radius 3 is 1.00 bits per heavy atom. The fourth-order valence-corrected chi connectivity index (χ4v) is 1.43. The summed E-state index contributed by atoms with van der Waals surface area (Å²) >= 11 is 0. The largest absolute Gasteiger partial charge is 1.00 e. The van der Waals surface area contributed by atoms with E-state index < -0.39 is 0 Å². The summed E-state index contributed by atoms with van der Waals surface area (Å²) in [6.45, 7) is 11.9. The molecule has 0 aliphatic heterocycles. The van der Waals surface area contributed by atoms with Crippen LogP contribution in [-0.4, -0.2) is 89.7 Å². The minimum atomic E-state index is 0. The molecule has 7 heteroatoms. The molecule has 0 amide bonds. The molecule has 0 rings (SSSR count). The van der Waals surface area contributed by atoms with Gasteiger partial charge in [0.1, 0.15) is 0 Å². The maximum absolute atomic E-state index is 8.48. The van der Waals surface area contributed by atoms with Crippen molar-refractivity contribution in [2.75, 3.05) is 59.1 Å². The predicted octanol–water partition coefficient (Wildman–Crippen LogP) is -3.56. The average Bonchev–Trinajstić information content (AvgIpc) is 2.33. The van der Waals surface area contributed by atoms with Crippen molar-refractivity contribution >= 4 is 0 Å². The quantitative estimate of drug-likeness (QED) is 0.382. The molecule has 0 bridgehead atoms. The summed E-state index contributed by atoms with van der Waals surface area (Å²) in [7, 11) is 0. The molecule has 0 unspecified atom stereocenters. The fourth-order valence-electron chi connectivity index (χ4n) is 1.43. The molecule has 0 fully saturated rings. The van der Waals surface area contributed by atoms with Gasteiger partial charge < -0.3 is 25.7 Å². The molecule has 0 aromatic carbocycles. The van der Waals surface area contributed by atoms with Gasteiger partial charge in [-0.05, 0) is 19.6 Å². The topological polar surface area (TPSA) is 97.2 Å². The van der Waals surface area contributed by atoms with Crippen molar-refractivity contribution in [3.63, 3.8) is 0 Å². The van der Waals surface area contributed by atoms with Crippen molar-refractivity contribution in [2.45, 2.75) is 20.8 Å². The Hall–Kier alpha value is 1.40. The van der Waals surface area contributed by atoms with E-state index in [1.54, 1.807) is 4.90 Å². The van der Waals surface area contributed by atoms with Crippen LogP contribution in [0.4, 0.5) is 0 Å². The molecule has 0 saturated carbocycles. The first-order valence-electron chi connectivity index (χ1n) is 6.47. The average molecular weight is 306 g/mol. The number of nitrogens with zero attached hydrogens (tertiary/aromatic N) is 2. The van der Waals surface area contributed by atoms with Gasteiger partial charge in [0, 0.05) is 19.6 Å². The van der Waals surface area contributed by atoms with Crippen LogP contribution < -0.4 is 51.4 Å². The Kier molecular flexibility index (Phi) is 36.7. The number of aliphatic hydroxyl groups excluding tert-OH is 3. The molecule has 4 N–H and O–H groups in total. The van der Waals surface area contributed by atoms with E-state index in [1.165, 1.54) is 19.6 Å². The van der Waals surface area contributed by atoms with Gasteiger partial charge in [0.25, 0.3) is 0 Å². The summed E-state index contributed by atoms with van der Waals surface area (Å²) in [6.07, 6.45) is 0. The standard InChI is InChI=1S/C6H15NO3.C6H15N.K.H2O/c8-4-1-7(2-5-9)3-6-10;1-4-7(5-2)6-3;;/h8-10H,1-6H2;4-6H2,1-3H3;;1H2/q;;+1;/p-1. The third-order valence-electron chi connectivity index (χ3n) is 2.59. The summed E-state index contributed by atoms with van der Waals surface area (Å²) < 4.78 is 0. The van der Waals surface area contributed by atoms with E-state index in [4.69, 9.17) is 15.3 Å². The molecule has 0 saturated heterocycles. The van der Waals surface area contributed by atoms with Crippen LogP contribution in [0, 0.1) is 0 Å². The molecule has 0 aliphatic carbocycles. The zero-order valence-corrected chi connectivity index (χ0v) is 16.2. The van der Waals surface area contributed by atoms with Crippen molar-refractivity contribution in [3.05, 3.63) is 0 Å². The van der Waals surface area contributed by atoms with E-state index in [0.29, 0.717) is 19.6 Å². The van der Waals surface area contributed by atoms with E-state index in [9.17, 15) is 0 Å². The van der Waals surface area contributed by atoms with Crippen molar-refractivity contribution in [3.8, 4) is 0 Å². The summed E-state index contributed by atoms with van der Waals surface area (Å²) in [4.78, 5) is 4.17. The Morgan fingerprint density at radius 2 is 0.895 bits per heavy atom. The molecule has 6 nitrogen and oxygen atoms in total. The van der Waals surface area contributed by atoms with Gasteiger partial charge in [-0.15, -0.1) is 0 Å². The molecule has 114 valence electrons. The summed E-state index contributed by atoms with van der Waals surface area (Å²) in [5.74, 6) is 0. The molecular weight excluding hydrogens is 275 g/mol. The molecule has 0 atom stereocenters. The van der Waals surface area contributed by atoms with Gasteiger partial charge in [-0.25, -0.2) is 0 Å². The van der Waals surface area contributed by atoms with Gasteiger partial charge in [0.05, 0.1) is 19.8 Å². The molecule has 0 radical (unpaired) electrons. The summed E-state index contributed by atoms with van der Waals surface area (Å²) in [5.41, 5.74) is 0. The van der Waals surface area contributed by atoms with Gasteiger partial charge in [-0.3, -0.25) is 4.90 Å². The second kappa shape index (κ2) is 24.4. The first kappa shape index (κ1) is 28.5. The Balaban J connectivity index is -0.000000112. The van der Waals surface area contributed by atoms with Gasteiger partial charge in [-0.1, -0.05) is 20.8 Å². The van der Waals surface area contributed by atoms with Gasteiger partial charge in [-0.2, -0.15) is 0 Å².